The van der Waals surface area contributed by atoms with E-state index in [-0.39, 0.29) is 12.5 Å². The summed E-state index contributed by atoms with van der Waals surface area (Å²) < 4.78 is 12.7. The monoisotopic (exact) mass is 455 g/mol. The molecule has 1 atom stereocenters. The van der Waals surface area contributed by atoms with Gasteiger partial charge in [-0.3, -0.25) is 9.00 Å². The summed E-state index contributed by atoms with van der Waals surface area (Å²) in [5.41, 5.74) is 2.44. The molecule has 0 spiro atoms. The molecule has 3 N–H and O–H groups in total. The fourth-order valence-electron chi connectivity index (χ4n) is 4.25. The second-order valence-corrected chi connectivity index (χ2v) is 10.1. The molecule has 0 saturated heterocycles. The van der Waals surface area contributed by atoms with E-state index in [9.17, 15) is 14.1 Å². The number of aromatic nitrogens is 1. The number of aryl methyl sites for hydroxylation is 1. The van der Waals surface area contributed by atoms with Gasteiger partial charge in [0.1, 0.15) is 5.82 Å². The Morgan fingerprint density at radius 1 is 1.19 bits per heavy atom. The van der Waals surface area contributed by atoms with Crippen LogP contribution in [0.25, 0.3) is 10.9 Å². The van der Waals surface area contributed by atoms with E-state index in [0.29, 0.717) is 39.8 Å². The zero-order chi connectivity index (χ0) is 21.6. The Hall–Kier alpha value is -2.48. The minimum Gasteiger partial charge on any atom is -0.394 e. The lowest BCUT2D eigenvalue weighted by Crippen LogP contribution is -2.48. The van der Waals surface area contributed by atoms with Crippen LogP contribution in [0.4, 0.5) is 11.5 Å². The molecule has 6 nitrogen and oxygen atoms in total. The van der Waals surface area contributed by atoms with E-state index >= 15 is 0 Å². The lowest BCUT2D eigenvalue weighted by Gasteiger charge is -2.41. The molecule has 0 radical (unpaired) electrons. The van der Waals surface area contributed by atoms with Gasteiger partial charge in [0.2, 0.25) is 0 Å². The zero-order valence-corrected chi connectivity index (χ0v) is 18.4. The Balaban J connectivity index is 1.52. The highest BCUT2D eigenvalue weighted by Gasteiger charge is 2.38. The van der Waals surface area contributed by atoms with Gasteiger partial charge in [-0.25, -0.2) is 4.98 Å². The van der Waals surface area contributed by atoms with Gasteiger partial charge >= 0.3 is 0 Å². The first kappa shape index (κ1) is 20.4. The van der Waals surface area contributed by atoms with Crippen LogP contribution in [0, 0.1) is 0 Å². The van der Waals surface area contributed by atoms with E-state index in [0.717, 1.165) is 35.1 Å². The zero-order valence-electron chi connectivity index (χ0n) is 16.8. The van der Waals surface area contributed by atoms with Gasteiger partial charge in [-0.1, -0.05) is 17.7 Å². The molecule has 2 heterocycles. The first-order chi connectivity index (χ1) is 15.0. The molecule has 1 aliphatic heterocycles. The van der Waals surface area contributed by atoms with Crippen molar-refractivity contribution >= 4 is 50.7 Å². The predicted octanol–water partition coefficient (Wildman–Crippen LogP) is 4.13. The number of aliphatic hydroxyl groups is 1. The summed E-state index contributed by atoms with van der Waals surface area (Å²) in [6.45, 7) is 0.0116. The van der Waals surface area contributed by atoms with Gasteiger partial charge < -0.3 is 15.7 Å². The summed E-state index contributed by atoms with van der Waals surface area (Å²) in [5, 5.41) is 17.7. The second kappa shape index (κ2) is 7.89. The molecule has 2 aromatic carbocycles. The molecule has 1 fully saturated rings. The van der Waals surface area contributed by atoms with Gasteiger partial charge in [-0.05, 0) is 67.6 Å². The van der Waals surface area contributed by atoms with E-state index in [1.807, 2.05) is 6.07 Å². The molecule has 160 valence electrons. The van der Waals surface area contributed by atoms with E-state index in [2.05, 4.69) is 10.6 Å². The summed E-state index contributed by atoms with van der Waals surface area (Å²) in [7, 11) is -1.12. The predicted molar refractivity (Wildman–Crippen MR) is 123 cm³/mol. The Bertz CT molecular complexity index is 1200. The van der Waals surface area contributed by atoms with Crippen molar-refractivity contribution in [2.24, 2.45) is 0 Å². The molecule has 2 aliphatic rings. The van der Waals surface area contributed by atoms with Crippen molar-refractivity contribution in [3.05, 3.63) is 58.6 Å². The number of nitrogens with zero attached hydrogens (tertiary/aromatic N) is 1. The fourth-order valence-corrected chi connectivity index (χ4v) is 5.76. The second-order valence-electron chi connectivity index (χ2n) is 8.18. The highest BCUT2D eigenvalue weighted by Crippen LogP contribution is 2.40. The first-order valence-corrected chi connectivity index (χ1v) is 12.0. The van der Waals surface area contributed by atoms with E-state index < -0.39 is 16.3 Å². The van der Waals surface area contributed by atoms with Crippen LogP contribution in [0.2, 0.25) is 5.02 Å². The molecule has 3 aromatic rings. The number of fused-ring (bicyclic) bond motifs is 3. The van der Waals surface area contributed by atoms with Crippen LogP contribution < -0.4 is 10.6 Å². The third-order valence-corrected chi connectivity index (χ3v) is 7.89. The van der Waals surface area contributed by atoms with Crippen molar-refractivity contribution in [1.29, 1.82) is 0 Å². The number of halogens is 1. The Morgan fingerprint density at radius 2 is 1.97 bits per heavy atom. The molecule has 8 heteroatoms. The molecule has 5 rings (SSSR count). The van der Waals surface area contributed by atoms with Crippen molar-refractivity contribution in [3.8, 4) is 0 Å². The molecule has 1 aromatic heterocycles. The standard InChI is InChI=1S/C23H22ClN3O3S/c24-15-3-5-16(6-4-15)25-22(29)14-2-7-17-18-8-11-31(30)20(18)21(26-19(17)12-14)27-23(13-28)9-1-10-23/h2-7,12,28H,1,8-11,13H2,(H,25,29)(H,26,27)/t31-/m0/s1. The van der Waals surface area contributed by atoms with Crippen molar-refractivity contribution in [1.82, 2.24) is 4.98 Å². The minimum absolute atomic E-state index is 0.0116. The number of amides is 1. The van der Waals surface area contributed by atoms with Crippen LogP contribution in [0.5, 0.6) is 0 Å². The number of pyridine rings is 1. The molecule has 0 bridgehead atoms. The molecule has 31 heavy (non-hydrogen) atoms. The van der Waals surface area contributed by atoms with Crippen molar-refractivity contribution < 1.29 is 14.1 Å². The molecular formula is C23H22ClN3O3S. The van der Waals surface area contributed by atoms with Gasteiger partial charge in [0, 0.05) is 27.4 Å². The van der Waals surface area contributed by atoms with Crippen molar-refractivity contribution in [2.45, 2.75) is 36.1 Å². The minimum atomic E-state index is -1.12. The number of rotatable bonds is 5. The fraction of sp³-hybridized carbons (Fsp3) is 0.304. The number of aliphatic hydroxyl groups excluding tert-OH is 1. The smallest absolute Gasteiger partial charge is 0.255 e. The SMILES string of the molecule is O=C(Nc1ccc(Cl)cc1)c1ccc2c3c(c(NC4(CO)CCC4)nc2c1)[S@@](=O)CC3. The van der Waals surface area contributed by atoms with Gasteiger partial charge in [0.15, 0.2) is 0 Å². The third kappa shape index (κ3) is 3.71. The maximum Gasteiger partial charge on any atom is 0.255 e. The number of anilines is 2. The Labute approximate surface area is 187 Å². The van der Waals surface area contributed by atoms with Crippen molar-refractivity contribution in [3.63, 3.8) is 0 Å². The summed E-state index contributed by atoms with van der Waals surface area (Å²) in [4.78, 5) is 18.3. The molecular weight excluding hydrogens is 434 g/mol. The van der Waals surface area contributed by atoms with E-state index in [1.54, 1.807) is 36.4 Å². The van der Waals surface area contributed by atoms with Gasteiger partial charge in [-0.15, -0.1) is 0 Å². The number of hydrogen-bond acceptors (Lipinski definition) is 5. The lowest BCUT2D eigenvalue weighted by atomic mass is 9.77. The maximum absolute atomic E-state index is 12.8. The van der Waals surface area contributed by atoms with Crippen LogP contribution in [0.15, 0.2) is 47.4 Å². The van der Waals surface area contributed by atoms with Crippen LogP contribution in [0.3, 0.4) is 0 Å². The van der Waals surface area contributed by atoms with Crippen LogP contribution in [0.1, 0.15) is 35.2 Å². The quantitative estimate of drug-likeness (QED) is 0.538. The average Bonchev–Trinajstić information content (AvgIpc) is 3.14. The Morgan fingerprint density at radius 3 is 2.65 bits per heavy atom. The van der Waals surface area contributed by atoms with Crippen LogP contribution in [-0.2, 0) is 17.2 Å². The largest absolute Gasteiger partial charge is 0.394 e. The molecule has 1 amide bonds. The third-order valence-electron chi connectivity index (χ3n) is 6.17. The van der Waals surface area contributed by atoms with E-state index in [1.165, 1.54) is 0 Å². The van der Waals surface area contributed by atoms with Gasteiger partial charge in [-0.2, -0.15) is 0 Å². The molecule has 1 saturated carbocycles. The number of benzene rings is 2. The topological polar surface area (TPSA) is 91.3 Å². The van der Waals surface area contributed by atoms with Crippen LogP contribution >= 0.6 is 11.6 Å². The number of carbonyl (C=O) groups excluding carboxylic acids is 1. The molecule has 0 unspecified atom stereocenters. The van der Waals surface area contributed by atoms with Gasteiger partial charge in [0.05, 0.1) is 33.4 Å². The summed E-state index contributed by atoms with van der Waals surface area (Å²) in [6, 6.07) is 12.4. The number of hydrogen-bond donors (Lipinski definition) is 3. The molecule has 1 aliphatic carbocycles. The number of carbonyl (C=O) groups is 1. The maximum atomic E-state index is 12.8. The average molecular weight is 456 g/mol. The summed E-state index contributed by atoms with van der Waals surface area (Å²) in [6.07, 6.45) is 3.46. The normalized spacial score (nSPS) is 19.0. The highest BCUT2D eigenvalue weighted by atomic mass is 35.5. The van der Waals surface area contributed by atoms with E-state index in [4.69, 9.17) is 16.6 Å². The lowest BCUT2D eigenvalue weighted by molar-refractivity contribution is 0.102. The Kier molecular flexibility index (Phi) is 5.20. The number of nitrogens with one attached hydrogen (secondary N) is 2. The van der Waals surface area contributed by atoms with Crippen molar-refractivity contribution in [2.75, 3.05) is 23.0 Å². The van der Waals surface area contributed by atoms with Gasteiger partial charge in [0.25, 0.3) is 5.91 Å². The highest BCUT2D eigenvalue weighted by molar-refractivity contribution is 7.85. The first-order valence-electron chi connectivity index (χ1n) is 10.3. The summed E-state index contributed by atoms with van der Waals surface area (Å²) in [5.74, 6) is 0.896. The van der Waals surface area contributed by atoms with Crippen LogP contribution in [-0.4, -0.2) is 38.1 Å². The summed E-state index contributed by atoms with van der Waals surface area (Å²) >= 11 is 5.91.